The summed E-state index contributed by atoms with van der Waals surface area (Å²) in [5.41, 5.74) is 6.29. The van der Waals surface area contributed by atoms with E-state index < -0.39 is 0 Å². The number of rotatable bonds is 6. The molecular formula is C29H30ClFN4. The maximum atomic E-state index is 13.3. The molecule has 1 saturated heterocycles. The summed E-state index contributed by atoms with van der Waals surface area (Å²) in [4.78, 5) is 5.03. The highest BCUT2D eigenvalue weighted by Gasteiger charge is 2.22. The number of hydrogen-bond donors (Lipinski definition) is 0. The summed E-state index contributed by atoms with van der Waals surface area (Å²) in [7, 11) is 0. The molecule has 0 spiro atoms. The van der Waals surface area contributed by atoms with Crippen molar-refractivity contribution in [2.75, 3.05) is 26.2 Å². The van der Waals surface area contributed by atoms with Gasteiger partial charge in [-0.3, -0.25) is 9.80 Å². The van der Waals surface area contributed by atoms with Crippen molar-refractivity contribution in [3.63, 3.8) is 0 Å². The average Bonchev–Trinajstić information content (AvgIpc) is 3.28. The molecule has 0 radical (unpaired) electrons. The first-order valence-electron chi connectivity index (χ1n) is 12.1. The molecule has 1 aliphatic rings. The highest BCUT2D eigenvalue weighted by atomic mass is 35.5. The summed E-state index contributed by atoms with van der Waals surface area (Å²) in [6.07, 6.45) is 1.99. The molecule has 0 bridgehead atoms. The van der Waals surface area contributed by atoms with Crippen LogP contribution >= 0.6 is 11.6 Å². The van der Waals surface area contributed by atoms with Crippen molar-refractivity contribution in [2.24, 2.45) is 0 Å². The highest BCUT2D eigenvalue weighted by Crippen LogP contribution is 2.31. The number of benzene rings is 3. The molecule has 5 rings (SSSR count). The lowest BCUT2D eigenvalue weighted by Crippen LogP contribution is -2.48. The second kappa shape index (κ2) is 10.3. The summed E-state index contributed by atoms with van der Waals surface area (Å²) in [5, 5.41) is 5.51. The first-order chi connectivity index (χ1) is 17.0. The summed E-state index contributed by atoms with van der Waals surface area (Å²) in [6, 6.07) is 23.4. The van der Waals surface area contributed by atoms with Crippen molar-refractivity contribution < 1.29 is 4.39 Å². The Balaban J connectivity index is 1.46. The van der Waals surface area contributed by atoms with Crippen LogP contribution in [0, 0.1) is 5.82 Å². The molecule has 0 atom stereocenters. The van der Waals surface area contributed by atoms with Crippen molar-refractivity contribution in [2.45, 2.75) is 26.4 Å². The van der Waals surface area contributed by atoms with Gasteiger partial charge in [-0.05, 0) is 61.4 Å². The summed E-state index contributed by atoms with van der Waals surface area (Å²) in [5.74, 6) is -0.230. The van der Waals surface area contributed by atoms with Gasteiger partial charge in [-0.2, -0.15) is 5.10 Å². The van der Waals surface area contributed by atoms with E-state index in [1.54, 1.807) is 12.1 Å². The molecule has 0 N–H and O–H groups in total. The molecule has 4 nitrogen and oxygen atoms in total. The number of halogens is 2. The maximum absolute atomic E-state index is 13.3. The van der Waals surface area contributed by atoms with Gasteiger partial charge >= 0.3 is 0 Å². The minimum atomic E-state index is -0.230. The van der Waals surface area contributed by atoms with E-state index in [1.165, 1.54) is 17.7 Å². The van der Waals surface area contributed by atoms with E-state index in [-0.39, 0.29) is 5.82 Å². The molecule has 1 aliphatic heterocycles. The van der Waals surface area contributed by atoms with Crippen LogP contribution in [0.4, 0.5) is 4.39 Å². The SMILES string of the molecule is CC(C)N1CCN(Cc2cnn(-c3ccc(-c4ccc(F)cc4)cc3)c2-c2cccc(Cl)c2)CC1. The first kappa shape index (κ1) is 23.7. The number of hydrogen-bond acceptors (Lipinski definition) is 3. The molecule has 6 heteroatoms. The molecule has 180 valence electrons. The molecule has 0 unspecified atom stereocenters. The van der Waals surface area contributed by atoms with E-state index in [2.05, 4.69) is 54.0 Å². The lowest BCUT2D eigenvalue weighted by Gasteiger charge is -2.36. The summed E-state index contributed by atoms with van der Waals surface area (Å²) in [6.45, 7) is 9.64. The number of aromatic nitrogens is 2. The van der Waals surface area contributed by atoms with Gasteiger partial charge in [0.1, 0.15) is 5.82 Å². The molecule has 2 heterocycles. The molecule has 0 amide bonds. The largest absolute Gasteiger partial charge is 0.298 e. The lowest BCUT2D eigenvalue weighted by molar-refractivity contribution is 0.104. The van der Waals surface area contributed by atoms with Crippen LogP contribution in [0.3, 0.4) is 0 Å². The Labute approximate surface area is 211 Å². The standard InChI is InChI=1S/C29H30ClFN4/c1-21(2)34-16-14-33(15-17-34)20-25-19-32-35(29(25)24-4-3-5-26(30)18-24)28-12-8-23(9-13-28)22-6-10-27(31)11-7-22/h3-13,18-19,21H,14-17,20H2,1-2H3. The molecule has 0 saturated carbocycles. The quantitative estimate of drug-likeness (QED) is 0.308. The van der Waals surface area contributed by atoms with Gasteiger partial charge in [0.05, 0.1) is 17.6 Å². The van der Waals surface area contributed by atoms with Crippen LogP contribution in [-0.4, -0.2) is 51.8 Å². The van der Waals surface area contributed by atoms with Crippen molar-refractivity contribution in [3.8, 4) is 28.1 Å². The van der Waals surface area contributed by atoms with Gasteiger partial charge in [0.2, 0.25) is 0 Å². The van der Waals surface area contributed by atoms with Crippen LogP contribution in [0.15, 0.2) is 79.0 Å². The van der Waals surface area contributed by atoms with Crippen LogP contribution in [0.5, 0.6) is 0 Å². The second-order valence-corrected chi connectivity index (χ2v) is 9.84. The van der Waals surface area contributed by atoms with Gasteiger partial charge in [-0.15, -0.1) is 0 Å². The molecule has 4 aromatic rings. The summed E-state index contributed by atoms with van der Waals surface area (Å²) >= 11 is 6.38. The molecule has 1 aromatic heterocycles. The smallest absolute Gasteiger partial charge is 0.123 e. The van der Waals surface area contributed by atoms with Crippen molar-refractivity contribution in [1.29, 1.82) is 0 Å². The van der Waals surface area contributed by atoms with E-state index in [0.29, 0.717) is 11.1 Å². The zero-order chi connectivity index (χ0) is 24.4. The third kappa shape index (κ3) is 5.32. The van der Waals surface area contributed by atoms with Gasteiger partial charge < -0.3 is 0 Å². The Bertz CT molecular complexity index is 1270. The fourth-order valence-corrected chi connectivity index (χ4v) is 4.94. The van der Waals surface area contributed by atoms with Gasteiger partial charge in [0.25, 0.3) is 0 Å². The van der Waals surface area contributed by atoms with E-state index in [1.807, 2.05) is 29.1 Å². The molecule has 35 heavy (non-hydrogen) atoms. The molecule has 0 aliphatic carbocycles. The Hall–Kier alpha value is -2.99. The fraction of sp³-hybridized carbons (Fsp3) is 0.276. The van der Waals surface area contributed by atoms with E-state index >= 15 is 0 Å². The minimum Gasteiger partial charge on any atom is -0.298 e. The molecular weight excluding hydrogens is 459 g/mol. The second-order valence-electron chi connectivity index (χ2n) is 9.40. The Morgan fingerprint density at radius 1 is 0.857 bits per heavy atom. The average molecular weight is 489 g/mol. The predicted molar refractivity (Wildman–Crippen MR) is 141 cm³/mol. The highest BCUT2D eigenvalue weighted by molar-refractivity contribution is 6.30. The first-order valence-corrected chi connectivity index (χ1v) is 12.5. The van der Waals surface area contributed by atoms with Crippen LogP contribution in [0.2, 0.25) is 5.02 Å². The van der Waals surface area contributed by atoms with Crippen molar-refractivity contribution in [1.82, 2.24) is 19.6 Å². The normalized spacial score (nSPS) is 15.1. The minimum absolute atomic E-state index is 0.230. The zero-order valence-corrected chi connectivity index (χ0v) is 20.9. The van der Waals surface area contributed by atoms with E-state index in [0.717, 1.165) is 60.8 Å². The Morgan fingerprint density at radius 2 is 1.51 bits per heavy atom. The monoisotopic (exact) mass is 488 g/mol. The lowest BCUT2D eigenvalue weighted by atomic mass is 10.0. The third-order valence-electron chi connectivity index (χ3n) is 6.76. The van der Waals surface area contributed by atoms with Crippen molar-refractivity contribution in [3.05, 3.63) is 95.4 Å². The topological polar surface area (TPSA) is 24.3 Å². The Morgan fingerprint density at radius 3 is 2.14 bits per heavy atom. The van der Waals surface area contributed by atoms with Gasteiger partial charge in [0, 0.05) is 54.9 Å². The van der Waals surface area contributed by atoms with Gasteiger partial charge in [0.15, 0.2) is 0 Å². The zero-order valence-electron chi connectivity index (χ0n) is 20.2. The van der Waals surface area contributed by atoms with E-state index in [9.17, 15) is 4.39 Å². The molecule has 1 fully saturated rings. The Kier molecular flexibility index (Phi) is 7.00. The number of nitrogens with zero attached hydrogens (tertiary/aromatic N) is 4. The predicted octanol–water partition coefficient (Wildman–Crippen LogP) is 6.52. The fourth-order valence-electron chi connectivity index (χ4n) is 4.75. The van der Waals surface area contributed by atoms with Crippen molar-refractivity contribution >= 4 is 11.6 Å². The van der Waals surface area contributed by atoms with E-state index in [4.69, 9.17) is 16.7 Å². The third-order valence-corrected chi connectivity index (χ3v) is 7.00. The van der Waals surface area contributed by atoms with Gasteiger partial charge in [-0.1, -0.05) is 48.0 Å². The molecule has 3 aromatic carbocycles. The van der Waals surface area contributed by atoms with Crippen LogP contribution in [0.25, 0.3) is 28.1 Å². The summed E-state index contributed by atoms with van der Waals surface area (Å²) < 4.78 is 15.3. The maximum Gasteiger partial charge on any atom is 0.123 e. The van der Waals surface area contributed by atoms with Crippen LogP contribution in [0.1, 0.15) is 19.4 Å². The number of piperazine rings is 1. The van der Waals surface area contributed by atoms with Crippen LogP contribution in [-0.2, 0) is 6.54 Å². The van der Waals surface area contributed by atoms with Gasteiger partial charge in [-0.25, -0.2) is 9.07 Å². The van der Waals surface area contributed by atoms with Crippen LogP contribution < -0.4 is 0 Å².